The normalized spacial score (nSPS) is 11.8. The monoisotopic (exact) mass is 290 g/mol. The van der Waals surface area contributed by atoms with Crippen molar-refractivity contribution in [1.29, 1.82) is 0 Å². The molecule has 2 rings (SSSR count). The molecular formula is C12H10F4N2O2. The van der Waals surface area contributed by atoms with Gasteiger partial charge in [-0.25, -0.2) is 9.18 Å². The molecule has 0 spiro atoms. The summed E-state index contributed by atoms with van der Waals surface area (Å²) in [4.78, 5) is 11.5. The van der Waals surface area contributed by atoms with Gasteiger partial charge in [-0.2, -0.15) is 18.3 Å². The summed E-state index contributed by atoms with van der Waals surface area (Å²) in [5.74, 6) is -1.41. The smallest absolute Gasteiger partial charge is 0.390 e. The molecule has 1 aromatic carbocycles. The number of aryl methyl sites for hydroxylation is 1. The minimum absolute atomic E-state index is 0.120. The van der Waals surface area contributed by atoms with Gasteiger partial charge in [0.25, 0.3) is 0 Å². The summed E-state index contributed by atoms with van der Waals surface area (Å²) < 4.78 is 55.4. The molecule has 1 heterocycles. The molecule has 0 aliphatic rings. The van der Waals surface area contributed by atoms with Crippen LogP contribution in [0.3, 0.4) is 0 Å². The van der Waals surface area contributed by atoms with E-state index in [-0.39, 0.29) is 16.6 Å². The van der Waals surface area contributed by atoms with E-state index in [9.17, 15) is 22.4 Å². The van der Waals surface area contributed by atoms with E-state index >= 15 is 0 Å². The Balaban J connectivity index is 2.48. The van der Waals surface area contributed by atoms with Gasteiger partial charge in [0.05, 0.1) is 25.6 Å². The number of hydrogen-bond acceptors (Lipinski definition) is 3. The van der Waals surface area contributed by atoms with Crippen LogP contribution in [0, 0.1) is 5.82 Å². The van der Waals surface area contributed by atoms with E-state index in [0.29, 0.717) is 0 Å². The van der Waals surface area contributed by atoms with Gasteiger partial charge in [-0.1, -0.05) is 0 Å². The van der Waals surface area contributed by atoms with E-state index < -0.39 is 30.9 Å². The van der Waals surface area contributed by atoms with Crippen LogP contribution in [-0.2, 0) is 11.3 Å². The lowest BCUT2D eigenvalue weighted by molar-refractivity contribution is -0.137. The Morgan fingerprint density at radius 2 is 2.10 bits per heavy atom. The highest BCUT2D eigenvalue weighted by molar-refractivity contribution is 6.02. The maximum absolute atomic E-state index is 13.2. The van der Waals surface area contributed by atoms with Crippen molar-refractivity contribution in [1.82, 2.24) is 9.78 Å². The number of rotatable bonds is 3. The van der Waals surface area contributed by atoms with Crippen LogP contribution in [0.5, 0.6) is 0 Å². The molecule has 0 saturated carbocycles. The number of carbonyl (C=O) groups is 1. The molecule has 2 aromatic rings. The predicted octanol–water partition coefficient (Wildman–Crippen LogP) is 2.91. The zero-order chi connectivity index (χ0) is 14.9. The van der Waals surface area contributed by atoms with Gasteiger partial charge < -0.3 is 4.74 Å². The van der Waals surface area contributed by atoms with Crippen molar-refractivity contribution in [3.05, 3.63) is 29.7 Å². The van der Waals surface area contributed by atoms with Crippen molar-refractivity contribution >= 4 is 16.9 Å². The fourth-order valence-electron chi connectivity index (χ4n) is 1.80. The maximum Gasteiger partial charge on any atom is 0.390 e. The average Bonchev–Trinajstić information content (AvgIpc) is 2.72. The van der Waals surface area contributed by atoms with Gasteiger partial charge in [-0.3, -0.25) is 4.68 Å². The van der Waals surface area contributed by atoms with Gasteiger partial charge in [0, 0.05) is 5.39 Å². The number of benzene rings is 1. The molecule has 0 bridgehead atoms. The van der Waals surface area contributed by atoms with E-state index in [2.05, 4.69) is 9.84 Å². The fraction of sp³-hybridized carbons (Fsp3) is 0.333. The average molecular weight is 290 g/mol. The number of methoxy groups -OCH3 is 1. The molecule has 8 heteroatoms. The number of carbonyl (C=O) groups excluding carboxylic acids is 1. The van der Waals surface area contributed by atoms with Crippen molar-refractivity contribution in [2.75, 3.05) is 7.11 Å². The number of esters is 1. The second-order valence-electron chi connectivity index (χ2n) is 4.09. The summed E-state index contributed by atoms with van der Waals surface area (Å²) in [5, 5.41) is 4.03. The first-order valence-corrected chi connectivity index (χ1v) is 5.63. The Hall–Kier alpha value is -2.12. The van der Waals surface area contributed by atoms with Gasteiger partial charge in [-0.15, -0.1) is 0 Å². The van der Waals surface area contributed by atoms with Crippen LogP contribution >= 0.6 is 0 Å². The number of halogens is 4. The number of fused-ring (bicyclic) bond motifs is 1. The van der Waals surface area contributed by atoms with Gasteiger partial charge in [0.15, 0.2) is 5.69 Å². The van der Waals surface area contributed by atoms with Crippen LogP contribution in [0.15, 0.2) is 18.2 Å². The van der Waals surface area contributed by atoms with Crippen molar-refractivity contribution < 1.29 is 27.1 Å². The number of ether oxygens (including phenoxy) is 1. The lowest BCUT2D eigenvalue weighted by atomic mass is 10.2. The Morgan fingerprint density at radius 1 is 1.40 bits per heavy atom. The van der Waals surface area contributed by atoms with Crippen LogP contribution in [-0.4, -0.2) is 29.0 Å². The summed E-state index contributed by atoms with van der Waals surface area (Å²) in [6.07, 6.45) is -5.49. The first kappa shape index (κ1) is 14.3. The van der Waals surface area contributed by atoms with Gasteiger partial charge in [0.2, 0.25) is 0 Å². The number of aromatic nitrogens is 2. The molecule has 0 atom stereocenters. The van der Waals surface area contributed by atoms with E-state index in [1.54, 1.807) is 0 Å². The summed E-state index contributed by atoms with van der Waals surface area (Å²) in [7, 11) is 1.13. The van der Waals surface area contributed by atoms with Crippen molar-refractivity contribution in [2.24, 2.45) is 0 Å². The minimum Gasteiger partial charge on any atom is -0.464 e. The van der Waals surface area contributed by atoms with Crippen molar-refractivity contribution in [3.8, 4) is 0 Å². The zero-order valence-corrected chi connectivity index (χ0v) is 10.4. The molecule has 108 valence electrons. The van der Waals surface area contributed by atoms with E-state index in [1.807, 2.05) is 0 Å². The molecule has 0 aliphatic heterocycles. The highest BCUT2D eigenvalue weighted by Gasteiger charge is 2.28. The van der Waals surface area contributed by atoms with Crippen molar-refractivity contribution in [3.63, 3.8) is 0 Å². The molecule has 1 aromatic heterocycles. The molecule has 0 unspecified atom stereocenters. The first-order valence-electron chi connectivity index (χ1n) is 5.63. The molecule has 0 saturated heterocycles. The molecular weight excluding hydrogens is 280 g/mol. The van der Waals surface area contributed by atoms with Gasteiger partial charge in [-0.05, 0) is 18.2 Å². The topological polar surface area (TPSA) is 44.1 Å². The summed E-state index contributed by atoms with van der Waals surface area (Å²) in [5.41, 5.74) is -0.0145. The van der Waals surface area contributed by atoms with Gasteiger partial charge >= 0.3 is 12.1 Å². The molecule has 0 fully saturated rings. The first-order chi connectivity index (χ1) is 9.31. The molecule has 0 amide bonds. The molecule has 0 aliphatic carbocycles. The predicted molar refractivity (Wildman–Crippen MR) is 61.7 cm³/mol. The number of hydrogen-bond donors (Lipinski definition) is 0. The third-order valence-corrected chi connectivity index (χ3v) is 2.70. The second-order valence-corrected chi connectivity index (χ2v) is 4.09. The quantitative estimate of drug-likeness (QED) is 0.645. The van der Waals surface area contributed by atoms with Crippen LogP contribution in [0.1, 0.15) is 16.9 Å². The Kier molecular flexibility index (Phi) is 3.65. The largest absolute Gasteiger partial charge is 0.464 e. The van der Waals surface area contributed by atoms with E-state index in [4.69, 9.17) is 0 Å². The van der Waals surface area contributed by atoms with Crippen LogP contribution < -0.4 is 0 Å². The Labute approximate surface area is 110 Å². The molecule has 20 heavy (non-hydrogen) atoms. The SMILES string of the molecule is COC(=O)c1nn(CCC(F)(F)F)c2cc(F)ccc12. The highest BCUT2D eigenvalue weighted by Crippen LogP contribution is 2.24. The summed E-state index contributed by atoms with van der Waals surface area (Å²) in [6.45, 7) is -0.500. The third-order valence-electron chi connectivity index (χ3n) is 2.70. The van der Waals surface area contributed by atoms with Crippen LogP contribution in [0.4, 0.5) is 17.6 Å². The van der Waals surface area contributed by atoms with Crippen LogP contribution in [0.2, 0.25) is 0 Å². The lowest BCUT2D eigenvalue weighted by Crippen LogP contribution is -2.13. The summed E-state index contributed by atoms with van der Waals surface area (Å²) in [6, 6.07) is 3.42. The molecule has 0 N–H and O–H groups in total. The molecule has 0 radical (unpaired) electrons. The second kappa shape index (κ2) is 5.10. The minimum atomic E-state index is -4.36. The van der Waals surface area contributed by atoms with E-state index in [1.165, 1.54) is 6.07 Å². The molecule has 4 nitrogen and oxygen atoms in total. The van der Waals surface area contributed by atoms with E-state index in [0.717, 1.165) is 23.9 Å². The standard InChI is InChI=1S/C12H10F4N2O2/c1-20-11(19)10-8-3-2-7(13)6-9(8)18(17-10)5-4-12(14,15)16/h2-3,6H,4-5H2,1H3. The number of alkyl halides is 3. The Morgan fingerprint density at radius 3 is 2.70 bits per heavy atom. The lowest BCUT2D eigenvalue weighted by Gasteiger charge is -2.06. The van der Waals surface area contributed by atoms with Gasteiger partial charge in [0.1, 0.15) is 5.82 Å². The van der Waals surface area contributed by atoms with Crippen molar-refractivity contribution in [2.45, 2.75) is 19.1 Å². The number of nitrogens with zero attached hydrogens (tertiary/aromatic N) is 2. The zero-order valence-electron chi connectivity index (χ0n) is 10.4. The fourth-order valence-corrected chi connectivity index (χ4v) is 1.80. The van der Waals surface area contributed by atoms with Crippen LogP contribution in [0.25, 0.3) is 10.9 Å². The maximum atomic E-state index is 13.2. The highest BCUT2D eigenvalue weighted by atomic mass is 19.4. The third kappa shape index (κ3) is 2.89. The Bertz CT molecular complexity index is 649. The summed E-state index contributed by atoms with van der Waals surface area (Å²) >= 11 is 0.